The molecule has 1 aromatic rings. The minimum absolute atomic E-state index is 0.0578. The molecular formula is C13H16N2O3. The highest BCUT2D eigenvalue weighted by molar-refractivity contribution is 5.92. The number of hydrogen-bond acceptors (Lipinski definition) is 3. The van der Waals surface area contributed by atoms with Crippen molar-refractivity contribution in [2.45, 2.75) is 25.4 Å². The van der Waals surface area contributed by atoms with E-state index in [-0.39, 0.29) is 6.54 Å². The lowest BCUT2D eigenvalue weighted by Gasteiger charge is -2.19. The van der Waals surface area contributed by atoms with Crippen LogP contribution in [0.15, 0.2) is 24.3 Å². The zero-order valence-electron chi connectivity index (χ0n) is 10.0. The summed E-state index contributed by atoms with van der Waals surface area (Å²) in [6.07, 6.45) is 2.12. The number of carboxylic acid groups (broad SMARTS) is 1. The number of nitrogens with zero attached hydrogens (tertiary/aromatic N) is 1. The molecule has 0 unspecified atom stereocenters. The van der Waals surface area contributed by atoms with Crippen molar-refractivity contribution in [3.63, 3.8) is 0 Å². The molecule has 0 heterocycles. The van der Waals surface area contributed by atoms with E-state index in [0.29, 0.717) is 18.2 Å². The summed E-state index contributed by atoms with van der Waals surface area (Å²) in [6, 6.07) is 7.36. The van der Waals surface area contributed by atoms with Crippen molar-refractivity contribution in [1.29, 1.82) is 0 Å². The summed E-state index contributed by atoms with van der Waals surface area (Å²) in [7, 11) is 0. The highest BCUT2D eigenvalue weighted by Crippen LogP contribution is 2.28. The van der Waals surface area contributed by atoms with Crippen molar-refractivity contribution in [3.05, 3.63) is 35.4 Å². The molecule has 1 saturated carbocycles. The van der Waals surface area contributed by atoms with Gasteiger partial charge in [0.05, 0.1) is 6.54 Å². The van der Waals surface area contributed by atoms with Gasteiger partial charge in [-0.05, 0) is 30.5 Å². The molecule has 0 atom stereocenters. The number of nitrogens with two attached hydrogens (primary N) is 1. The molecule has 0 aromatic heterocycles. The lowest BCUT2D eigenvalue weighted by Crippen LogP contribution is -2.31. The summed E-state index contributed by atoms with van der Waals surface area (Å²) in [5.41, 5.74) is 6.62. The molecular weight excluding hydrogens is 232 g/mol. The van der Waals surface area contributed by atoms with E-state index in [0.717, 1.165) is 18.4 Å². The third-order valence-electron chi connectivity index (χ3n) is 3.03. The predicted molar refractivity (Wildman–Crippen MR) is 66.0 cm³/mol. The zero-order chi connectivity index (χ0) is 13.1. The van der Waals surface area contributed by atoms with Crippen LogP contribution in [0.25, 0.3) is 0 Å². The molecule has 5 heteroatoms. The van der Waals surface area contributed by atoms with Crippen molar-refractivity contribution < 1.29 is 14.7 Å². The average molecular weight is 248 g/mol. The van der Waals surface area contributed by atoms with Gasteiger partial charge >= 0.3 is 5.97 Å². The molecule has 1 aliphatic rings. The monoisotopic (exact) mass is 248 g/mol. The fourth-order valence-corrected chi connectivity index (χ4v) is 1.94. The summed E-state index contributed by atoms with van der Waals surface area (Å²) >= 11 is 0. The van der Waals surface area contributed by atoms with Crippen molar-refractivity contribution >= 4 is 11.9 Å². The topological polar surface area (TPSA) is 83.6 Å². The number of carbonyl (C=O) groups excluding carboxylic acids is 1. The standard InChI is InChI=1S/C13H16N2O3/c14-13(18)10-3-1-9(2-4-10)7-15(8-12(16)17)11-5-6-11/h1-4,11H,5-8H2,(H2,14,18)(H,16,17). The van der Waals surface area contributed by atoms with E-state index in [1.165, 1.54) is 0 Å². The first-order valence-electron chi connectivity index (χ1n) is 5.91. The number of rotatable bonds is 6. The van der Waals surface area contributed by atoms with E-state index < -0.39 is 11.9 Å². The smallest absolute Gasteiger partial charge is 0.317 e. The Labute approximate surface area is 105 Å². The fourth-order valence-electron chi connectivity index (χ4n) is 1.94. The number of aliphatic carboxylic acids is 1. The van der Waals surface area contributed by atoms with E-state index >= 15 is 0 Å². The molecule has 2 rings (SSSR count). The van der Waals surface area contributed by atoms with Crippen molar-refractivity contribution in [2.24, 2.45) is 5.73 Å². The van der Waals surface area contributed by atoms with Gasteiger partial charge in [-0.3, -0.25) is 14.5 Å². The normalized spacial score (nSPS) is 14.7. The number of carboxylic acids is 1. The number of amides is 1. The summed E-state index contributed by atoms with van der Waals surface area (Å²) in [5.74, 6) is -1.26. The fraction of sp³-hybridized carbons (Fsp3) is 0.385. The Morgan fingerprint density at radius 1 is 1.28 bits per heavy atom. The van der Waals surface area contributed by atoms with E-state index in [4.69, 9.17) is 10.8 Å². The maximum Gasteiger partial charge on any atom is 0.317 e. The van der Waals surface area contributed by atoms with E-state index in [1.807, 2.05) is 17.0 Å². The molecule has 1 fully saturated rings. The molecule has 1 amide bonds. The van der Waals surface area contributed by atoms with Gasteiger partial charge in [-0.2, -0.15) is 0 Å². The molecule has 0 aliphatic heterocycles. The van der Waals surface area contributed by atoms with Crippen molar-refractivity contribution in [2.75, 3.05) is 6.54 Å². The van der Waals surface area contributed by atoms with Gasteiger partial charge in [-0.15, -0.1) is 0 Å². The van der Waals surface area contributed by atoms with Crippen molar-refractivity contribution in [3.8, 4) is 0 Å². The molecule has 3 N–H and O–H groups in total. The Morgan fingerprint density at radius 2 is 1.89 bits per heavy atom. The van der Waals surface area contributed by atoms with Crippen LogP contribution >= 0.6 is 0 Å². The lowest BCUT2D eigenvalue weighted by molar-refractivity contribution is -0.138. The van der Waals surface area contributed by atoms with Crippen LogP contribution in [0.3, 0.4) is 0 Å². The van der Waals surface area contributed by atoms with Crippen LogP contribution in [0.1, 0.15) is 28.8 Å². The van der Waals surface area contributed by atoms with Crippen LogP contribution in [-0.4, -0.2) is 34.5 Å². The Hall–Kier alpha value is -1.88. The molecule has 0 saturated heterocycles. The second-order valence-corrected chi connectivity index (χ2v) is 4.59. The van der Waals surface area contributed by atoms with Gasteiger partial charge in [0.2, 0.25) is 5.91 Å². The van der Waals surface area contributed by atoms with Gasteiger partial charge in [0.15, 0.2) is 0 Å². The number of hydrogen-bond donors (Lipinski definition) is 2. The molecule has 18 heavy (non-hydrogen) atoms. The second kappa shape index (κ2) is 5.18. The van der Waals surface area contributed by atoms with Crippen molar-refractivity contribution in [1.82, 2.24) is 4.90 Å². The third kappa shape index (κ3) is 3.30. The number of primary amides is 1. The Bertz CT molecular complexity index is 452. The lowest BCUT2D eigenvalue weighted by atomic mass is 10.1. The Kier molecular flexibility index (Phi) is 3.62. The third-order valence-corrected chi connectivity index (χ3v) is 3.03. The molecule has 1 aliphatic carbocycles. The van der Waals surface area contributed by atoms with Gasteiger partial charge in [0.1, 0.15) is 0 Å². The van der Waals surface area contributed by atoms with Gasteiger partial charge in [0.25, 0.3) is 0 Å². The number of carbonyl (C=O) groups is 2. The van der Waals surface area contributed by atoms with Gasteiger partial charge in [-0.1, -0.05) is 12.1 Å². The van der Waals surface area contributed by atoms with Gasteiger partial charge in [-0.25, -0.2) is 0 Å². The highest BCUT2D eigenvalue weighted by atomic mass is 16.4. The van der Waals surface area contributed by atoms with Crippen LogP contribution in [0, 0.1) is 0 Å². The largest absolute Gasteiger partial charge is 0.480 e. The molecule has 0 radical (unpaired) electrons. The molecule has 96 valence electrons. The first-order chi connectivity index (χ1) is 8.56. The van der Waals surface area contributed by atoms with Gasteiger partial charge < -0.3 is 10.8 Å². The second-order valence-electron chi connectivity index (χ2n) is 4.59. The van der Waals surface area contributed by atoms with Crippen LogP contribution < -0.4 is 5.73 Å². The molecule has 0 bridgehead atoms. The Morgan fingerprint density at radius 3 is 2.33 bits per heavy atom. The van der Waals surface area contributed by atoms with Gasteiger partial charge in [0, 0.05) is 18.2 Å². The maximum atomic E-state index is 10.9. The van der Waals surface area contributed by atoms with E-state index in [1.54, 1.807) is 12.1 Å². The van der Waals surface area contributed by atoms with Crippen LogP contribution in [0.2, 0.25) is 0 Å². The summed E-state index contributed by atoms with van der Waals surface area (Å²) in [6.45, 7) is 0.651. The zero-order valence-corrected chi connectivity index (χ0v) is 10.0. The molecule has 0 spiro atoms. The first-order valence-corrected chi connectivity index (χ1v) is 5.91. The molecule has 1 aromatic carbocycles. The summed E-state index contributed by atoms with van der Waals surface area (Å²) in [5, 5.41) is 8.85. The van der Waals surface area contributed by atoms with Crippen LogP contribution in [0.5, 0.6) is 0 Å². The van der Waals surface area contributed by atoms with Crippen LogP contribution in [0.4, 0.5) is 0 Å². The quantitative estimate of drug-likeness (QED) is 0.781. The minimum Gasteiger partial charge on any atom is -0.480 e. The predicted octanol–water partition coefficient (Wildman–Crippen LogP) is 0.834. The number of benzene rings is 1. The Balaban J connectivity index is 2.02. The van der Waals surface area contributed by atoms with E-state index in [9.17, 15) is 9.59 Å². The summed E-state index contributed by atoms with van der Waals surface area (Å²) < 4.78 is 0. The first kappa shape index (κ1) is 12.6. The summed E-state index contributed by atoms with van der Waals surface area (Å²) in [4.78, 5) is 23.7. The SMILES string of the molecule is NC(=O)c1ccc(CN(CC(=O)O)C2CC2)cc1. The van der Waals surface area contributed by atoms with Crippen LogP contribution in [-0.2, 0) is 11.3 Å². The van der Waals surface area contributed by atoms with E-state index in [2.05, 4.69) is 0 Å². The molecule has 5 nitrogen and oxygen atoms in total. The minimum atomic E-state index is -0.810. The highest BCUT2D eigenvalue weighted by Gasteiger charge is 2.30. The maximum absolute atomic E-state index is 10.9. The average Bonchev–Trinajstić information content (AvgIpc) is 3.12.